The van der Waals surface area contributed by atoms with Crippen LogP contribution in [0.15, 0.2) is 42.6 Å². The molecule has 1 aliphatic rings. The quantitative estimate of drug-likeness (QED) is 0.721. The number of aryl methyl sites for hydroxylation is 2. The highest BCUT2D eigenvalue weighted by Crippen LogP contribution is 2.32. The zero-order chi connectivity index (χ0) is 21.3. The van der Waals surface area contributed by atoms with Crippen LogP contribution in [-0.4, -0.2) is 40.3 Å². The van der Waals surface area contributed by atoms with Crippen molar-refractivity contribution in [3.63, 3.8) is 0 Å². The molecule has 0 fully saturated rings. The lowest BCUT2D eigenvalue weighted by molar-refractivity contribution is -0.116. The fourth-order valence-corrected chi connectivity index (χ4v) is 4.07. The summed E-state index contributed by atoms with van der Waals surface area (Å²) >= 11 is 0. The average molecular weight is 402 g/mol. The van der Waals surface area contributed by atoms with E-state index in [9.17, 15) is 9.59 Å². The van der Waals surface area contributed by atoms with Crippen molar-refractivity contribution in [2.24, 2.45) is 5.92 Å². The third kappa shape index (κ3) is 4.03. The second kappa shape index (κ2) is 8.22. The molecule has 30 heavy (non-hydrogen) atoms. The minimum absolute atomic E-state index is 0.0462. The molecule has 4 rings (SSSR count). The minimum Gasteiger partial charge on any atom is -0.332 e. The molecule has 0 saturated heterocycles. The van der Waals surface area contributed by atoms with Gasteiger partial charge in [0.1, 0.15) is 5.82 Å². The number of carbonyl (C=O) groups excluding carboxylic acids is 2. The smallest absolute Gasteiger partial charge is 0.255 e. The molecule has 1 N–H and O–H groups in total. The Morgan fingerprint density at radius 2 is 2.03 bits per heavy atom. The molecule has 6 heteroatoms. The van der Waals surface area contributed by atoms with E-state index in [4.69, 9.17) is 4.98 Å². The Bertz CT molecular complexity index is 1130. The first-order valence-electron chi connectivity index (χ1n) is 10.3. The number of likely N-dealkylation sites (N-methyl/N-ethyl adjacent to an activating group) is 1. The minimum atomic E-state index is -0.274. The predicted molar refractivity (Wildman–Crippen MR) is 117 cm³/mol. The highest BCUT2D eigenvalue weighted by atomic mass is 16.2. The maximum atomic E-state index is 13.5. The summed E-state index contributed by atoms with van der Waals surface area (Å²) in [7, 11) is 1.67. The number of carbonyl (C=O) groups is 2. The zero-order valence-corrected chi connectivity index (χ0v) is 17.6. The summed E-state index contributed by atoms with van der Waals surface area (Å²) < 4.78 is 0. The monoisotopic (exact) mass is 402 g/mol. The van der Waals surface area contributed by atoms with E-state index in [0.717, 1.165) is 47.0 Å². The van der Waals surface area contributed by atoms with Crippen LogP contribution in [-0.2, 0) is 17.6 Å². The van der Waals surface area contributed by atoms with Crippen molar-refractivity contribution in [2.75, 3.05) is 18.9 Å². The van der Waals surface area contributed by atoms with E-state index in [1.807, 2.05) is 37.3 Å². The van der Waals surface area contributed by atoms with Gasteiger partial charge in [-0.3, -0.25) is 14.6 Å². The first-order chi connectivity index (χ1) is 14.4. The number of rotatable bonds is 4. The molecule has 2 aromatic heterocycles. The Kier molecular flexibility index (Phi) is 5.48. The van der Waals surface area contributed by atoms with Crippen molar-refractivity contribution >= 4 is 28.5 Å². The van der Waals surface area contributed by atoms with Crippen molar-refractivity contribution in [3.05, 3.63) is 65.0 Å². The molecule has 0 radical (unpaired) electrons. The number of hydrogen-bond donors (Lipinski definition) is 1. The number of fused-ring (bicyclic) bond motifs is 2. The molecule has 1 aliphatic carbocycles. The van der Waals surface area contributed by atoms with E-state index in [2.05, 4.69) is 17.2 Å². The summed E-state index contributed by atoms with van der Waals surface area (Å²) in [5, 5.41) is 3.62. The average Bonchev–Trinajstić information content (AvgIpc) is 2.71. The Labute approximate surface area is 176 Å². The Morgan fingerprint density at radius 3 is 2.83 bits per heavy atom. The van der Waals surface area contributed by atoms with Gasteiger partial charge < -0.3 is 10.2 Å². The topological polar surface area (TPSA) is 75.2 Å². The van der Waals surface area contributed by atoms with Crippen LogP contribution < -0.4 is 5.32 Å². The number of nitrogens with one attached hydrogen (secondary N) is 1. The first-order valence-corrected chi connectivity index (χ1v) is 10.3. The van der Waals surface area contributed by atoms with Gasteiger partial charge in [0, 0.05) is 24.3 Å². The number of amides is 2. The molecule has 3 aromatic rings. The van der Waals surface area contributed by atoms with Gasteiger partial charge in [-0.05, 0) is 61.4 Å². The van der Waals surface area contributed by atoms with E-state index in [0.29, 0.717) is 17.3 Å². The van der Waals surface area contributed by atoms with Gasteiger partial charge in [-0.25, -0.2) is 4.98 Å². The maximum absolute atomic E-state index is 13.5. The fourth-order valence-electron chi connectivity index (χ4n) is 4.07. The highest BCUT2D eigenvalue weighted by molar-refractivity contribution is 6.09. The summed E-state index contributed by atoms with van der Waals surface area (Å²) in [6.07, 6.45) is 4.44. The number of nitrogens with zero attached hydrogens (tertiary/aromatic N) is 3. The molecule has 6 nitrogen and oxygen atoms in total. The largest absolute Gasteiger partial charge is 0.332 e. The van der Waals surface area contributed by atoms with Gasteiger partial charge in [0.2, 0.25) is 5.91 Å². The van der Waals surface area contributed by atoms with Crippen LogP contribution in [0.25, 0.3) is 10.9 Å². The molecule has 0 bridgehead atoms. The predicted octanol–water partition coefficient (Wildman–Crippen LogP) is 3.77. The van der Waals surface area contributed by atoms with Gasteiger partial charge in [0.25, 0.3) is 5.91 Å². The molecule has 2 heterocycles. The summed E-state index contributed by atoms with van der Waals surface area (Å²) in [5.41, 5.74) is 4.57. The molecule has 1 aromatic carbocycles. The van der Waals surface area contributed by atoms with Crippen LogP contribution in [0.5, 0.6) is 0 Å². The maximum Gasteiger partial charge on any atom is 0.255 e. The van der Waals surface area contributed by atoms with Crippen molar-refractivity contribution in [3.8, 4) is 0 Å². The number of anilines is 1. The lowest BCUT2D eigenvalue weighted by atomic mass is 9.84. The molecule has 0 spiro atoms. The third-order valence-electron chi connectivity index (χ3n) is 5.63. The van der Waals surface area contributed by atoms with Crippen molar-refractivity contribution in [1.29, 1.82) is 0 Å². The van der Waals surface area contributed by atoms with Gasteiger partial charge in [-0.1, -0.05) is 25.1 Å². The highest BCUT2D eigenvalue weighted by Gasteiger charge is 2.27. The number of aromatic nitrogens is 2. The normalized spacial score (nSPS) is 15.5. The van der Waals surface area contributed by atoms with E-state index in [-0.39, 0.29) is 18.4 Å². The lowest BCUT2D eigenvalue weighted by Gasteiger charge is -2.26. The molecule has 0 aliphatic heterocycles. The SMILES string of the molecule is Cc1ccnc(NC(=O)CN(C)C(=O)c2c3c(nc4ccccc24)CCC(C)C3)c1. The number of hydrogen-bond acceptors (Lipinski definition) is 4. The molecule has 1 unspecified atom stereocenters. The van der Waals surface area contributed by atoms with E-state index >= 15 is 0 Å². The third-order valence-corrected chi connectivity index (χ3v) is 5.63. The number of benzene rings is 1. The molecular formula is C24H26N4O2. The lowest BCUT2D eigenvalue weighted by Crippen LogP contribution is -2.36. The van der Waals surface area contributed by atoms with Crippen LogP contribution in [0.2, 0.25) is 0 Å². The number of pyridine rings is 2. The van der Waals surface area contributed by atoms with Crippen molar-refractivity contribution < 1.29 is 9.59 Å². The van der Waals surface area contributed by atoms with Crippen molar-refractivity contribution in [2.45, 2.75) is 33.1 Å². The molecule has 154 valence electrons. The summed E-state index contributed by atoms with van der Waals surface area (Å²) in [5.74, 6) is 0.574. The molecular weight excluding hydrogens is 376 g/mol. The van der Waals surface area contributed by atoms with Crippen LogP contribution in [0.4, 0.5) is 5.82 Å². The summed E-state index contributed by atoms with van der Waals surface area (Å²) in [6.45, 7) is 4.10. The van der Waals surface area contributed by atoms with E-state index < -0.39 is 0 Å². The Hall–Kier alpha value is -3.28. The van der Waals surface area contributed by atoms with Crippen LogP contribution in [0.3, 0.4) is 0 Å². The molecule has 2 amide bonds. The molecule has 0 saturated carbocycles. The van der Waals surface area contributed by atoms with E-state index in [1.165, 1.54) is 4.90 Å². The van der Waals surface area contributed by atoms with Gasteiger partial charge in [0.05, 0.1) is 17.6 Å². The van der Waals surface area contributed by atoms with Gasteiger partial charge in [0.15, 0.2) is 0 Å². The molecule has 1 atom stereocenters. The Balaban J connectivity index is 1.62. The first kappa shape index (κ1) is 20.0. The standard InChI is InChI=1S/C24H26N4O2/c1-15-8-9-20-18(12-15)23(17-6-4-5-7-19(17)26-20)24(30)28(3)14-22(29)27-21-13-16(2)10-11-25-21/h4-7,10-11,13,15H,8-9,12,14H2,1-3H3,(H,25,27,29). The van der Waals surface area contributed by atoms with Crippen LogP contribution >= 0.6 is 0 Å². The zero-order valence-electron chi connectivity index (χ0n) is 17.6. The van der Waals surface area contributed by atoms with Crippen LogP contribution in [0, 0.1) is 12.8 Å². The van der Waals surface area contributed by atoms with E-state index in [1.54, 1.807) is 19.3 Å². The Morgan fingerprint density at radius 1 is 1.23 bits per heavy atom. The second-order valence-corrected chi connectivity index (χ2v) is 8.20. The van der Waals surface area contributed by atoms with Crippen LogP contribution in [0.1, 0.15) is 40.5 Å². The van der Waals surface area contributed by atoms with Gasteiger partial charge in [-0.15, -0.1) is 0 Å². The summed E-state index contributed by atoms with van der Waals surface area (Å²) in [6, 6.07) is 11.4. The van der Waals surface area contributed by atoms with Gasteiger partial charge >= 0.3 is 0 Å². The number of para-hydroxylation sites is 1. The second-order valence-electron chi connectivity index (χ2n) is 8.20. The van der Waals surface area contributed by atoms with Gasteiger partial charge in [-0.2, -0.15) is 0 Å². The fraction of sp³-hybridized carbons (Fsp3) is 0.333. The summed E-state index contributed by atoms with van der Waals surface area (Å²) in [4.78, 5) is 36.4. The van der Waals surface area contributed by atoms with Crippen molar-refractivity contribution in [1.82, 2.24) is 14.9 Å².